The molecule has 0 aromatic heterocycles. The number of likely N-dealkylation sites (tertiary alicyclic amines) is 1. The number of piperidine rings is 1. The van der Waals surface area contributed by atoms with Gasteiger partial charge in [-0.3, -0.25) is 14.5 Å². The lowest BCUT2D eigenvalue weighted by Gasteiger charge is -2.30. The summed E-state index contributed by atoms with van der Waals surface area (Å²) in [6.45, 7) is 2.14. The molecule has 1 aromatic rings. The summed E-state index contributed by atoms with van der Waals surface area (Å²) >= 11 is 5.90. The highest BCUT2D eigenvalue weighted by molar-refractivity contribution is 6.30. The number of carbonyl (C=O) groups is 2. The Bertz CT molecular complexity index is 521. The molecule has 114 valence electrons. The summed E-state index contributed by atoms with van der Waals surface area (Å²) in [6, 6.07) is 7.39. The van der Waals surface area contributed by atoms with E-state index in [1.165, 1.54) is 0 Å². The Morgan fingerprint density at radius 1 is 1.43 bits per heavy atom. The van der Waals surface area contributed by atoms with Crippen molar-refractivity contribution in [2.75, 3.05) is 19.6 Å². The Hall–Kier alpha value is -1.59. The number of carbonyl (C=O) groups excluding carboxylic acids is 2. The van der Waals surface area contributed by atoms with Crippen LogP contribution in [0.3, 0.4) is 0 Å². The highest BCUT2D eigenvalue weighted by Crippen LogP contribution is 2.15. The maximum Gasteiger partial charge on any atom is 0.234 e. The number of nitrogens with two attached hydrogens (primary N) is 1. The molecule has 0 unspecified atom stereocenters. The van der Waals surface area contributed by atoms with Crippen molar-refractivity contribution in [1.82, 2.24) is 10.2 Å². The Morgan fingerprint density at radius 2 is 2.24 bits per heavy atom. The van der Waals surface area contributed by atoms with Gasteiger partial charge in [0.15, 0.2) is 0 Å². The van der Waals surface area contributed by atoms with E-state index in [9.17, 15) is 9.59 Å². The Balaban J connectivity index is 1.78. The lowest BCUT2D eigenvalue weighted by atomic mass is 9.97. The minimum atomic E-state index is -0.279. The molecule has 0 bridgehead atoms. The van der Waals surface area contributed by atoms with E-state index in [2.05, 4.69) is 5.32 Å². The number of halogens is 1. The van der Waals surface area contributed by atoms with Crippen LogP contribution >= 0.6 is 11.6 Å². The molecule has 6 heteroatoms. The number of nitrogens with one attached hydrogen (secondary N) is 1. The molecule has 1 atom stereocenters. The molecule has 1 aromatic carbocycles. The van der Waals surface area contributed by atoms with E-state index in [1.54, 1.807) is 6.07 Å². The number of primary amides is 1. The molecule has 1 aliphatic rings. The van der Waals surface area contributed by atoms with Crippen molar-refractivity contribution < 1.29 is 9.59 Å². The van der Waals surface area contributed by atoms with Crippen LogP contribution in [0.1, 0.15) is 18.4 Å². The van der Waals surface area contributed by atoms with Crippen LogP contribution in [0.5, 0.6) is 0 Å². The SMILES string of the molecule is NC(=O)[C@@H]1CCCN(CC(=O)NCc2cccc(Cl)c2)C1. The fraction of sp³-hybridized carbons (Fsp3) is 0.467. The molecule has 21 heavy (non-hydrogen) atoms. The maximum absolute atomic E-state index is 11.9. The van der Waals surface area contributed by atoms with Gasteiger partial charge in [0, 0.05) is 18.1 Å². The molecule has 1 heterocycles. The van der Waals surface area contributed by atoms with Crippen LogP contribution in [0.25, 0.3) is 0 Å². The normalized spacial score (nSPS) is 19.2. The van der Waals surface area contributed by atoms with Crippen LogP contribution in [0.2, 0.25) is 5.02 Å². The Kier molecular flexibility index (Phi) is 5.59. The van der Waals surface area contributed by atoms with Gasteiger partial charge in [-0.2, -0.15) is 0 Å². The first-order chi connectivity index (χ1) is 10.0. The van der Waals surface area contributed by atoms with E-state index in [1.807, 2.05) is 23.1 Å². The van der Waals surface area contributed by atoms with Gasteiger partial charge in [-0.05, 0) is 37.1 Å². The van der Waals surface area contributed by atoms with Crippen molar-refractivity contribution in [2.24, 2.45) is 11.7 Å². The first-order valence-corrected chi connectivity index (χ1v) is 7.45. The average Bonchev–Trinajstić information content (AvgIpc) is 2.45. The molecule has 0 spiro atoms. The topological polar surface area (TPSA) is 75.4 Å². The minimum absolute atomic E-state index is 0.0555. The molecule has 2 amide bonds. The summed E-state index contributed by atoms with van der Waals surface area (Å²) in [6.07, 6.45) is 1.71. The van der Waals surface area contributed by atoms with Crippen LogP contribution in [0.15, 0.2) is 24.3 Å². The minimum Gasteiger partial charge on any atom is -0.369 e. The first-order valence-electron chi connectivity index (χ1n) is 7.07. The third kappa shape index (κ3) is 5.02. The van der Waals surface area contributed by atoms with Crippen molar-refractivity contribution in [3.05, 3.63) is 34.9 Å². The van der Waals surface area contributed by atoms with Crippen molar-refractivity contribution in [1.29, 1.82) is 0 Å². The maximum atomic E-state index is 11.9. The second-order valence-electron chi connectivity index (χ2n) is 5.38. The number of hydrogen-bond acceptors (Lipinski definition) is 3. The van der Waals surface area contributed by atoms with Gasteiger partial charge in [0.2, 0.25) is 11.8 Å². The zero-order valence-electron chi connectivity index (χ0n) is 11.8. The van der Waals surface area contributed by atoms with Crippen LogP contribution in [-0.4, -0.2) is 36.3 Å². The second-order valence-corrected chi connectivity index (χ2v) is 5.82. The van der Waals surface area contributed by atoms with Crippen molar-refractivity contribution in [2.45, 2.75) is 19.4 Å². The summed E-state index contributed by atoms with van der Waals surface area (Å²) in [4.78, 5) is 25.1. The van der Waals surface area contributed by atoms with E-state index in [4.69, 9.17) is 17.3 Å². The first kappa shape index (κ1) is 15.8. The largest absolute Gasteiger partial charge is 0.369 e. The monoisotopic (exact) mass is 309 g/mol. The van der Waals surface area contributed by atoms with E-state index in [0.717, 1.165) is 24.9 Å². The van der Waals surface area contributed by atoms with Gasteiger partial charge in [-0.15, -0.1) is 0 Å². The highest BCUT2D eigenvalue weighted by atomic mass is 35.5. The van der Waals surface area contributed by atoms with Gasteiger partial charge >= 0.3 is 0 Å². The molecule has 1 aliphatic heterocycles. The van der Waals surface area contributed by atoms with Crippen molar-refractivity contribution in [3.8, 4) is 0 Å². The van der Waals surface area contributed by atoms with Gasteiger partial charge in [0.25, 0.3) is 0 Å². The van der Waals surface area contributed by atoms with Crippen LogP contribution in [-0.2, 0) is 16.1 Å². The molecule has 0 saturated carbocycles. The smallest absolute Gasteiger partial charge is 0.234 e. The fourth-order valence-corrected chi connectivity index (χ4v) is 2.75. The van der Waals surface area contributed by atoms with Gasteiger partial charge in [0.1, 0.15) is 0 Å². The Labute approximate surface area is 129 Å². The summed E-state index contributed by atoms with van der Waals surface area (Å²) in [5, 5.41) is 3.52. The lowest BCUT2D eigenvalue weighted by Crippen LogP contribution is -2.45. The van der Waals surface area contributed by atoms with Crippen LogP contribution in [0.4, 0.5) is 0 Å². The quantitative estimate of drug-likeness (QED) is 0.857. The molecule has 1 saturated heterocycles. The standard InChI is InChI=1S/C15H20ClN3O2/c16-13-5-1-3-11(7-13)8-18-14(20)10-19-6-2-4-12(9-19)15(17)21/h1,3,5,7,12H,2,4,6,8-10H2,(H2,17,21)(H,18,20)/t12-/m1/s1. The summed E-state index contributed by atoms with van der Waals surface area (Å²) in [5.41, 5.74) is 6.29. The second kappa shape index (κ2) is 7.43. The van der Waals surface area contributed by atoms with E-state index < -0.39 is 0 Å². The van der Waals surface area contributed by atoms with Gasteiger partial charge in [-0.25, -0.2) is 0 Å². The molecule has 0 radical (unpaired) electrons. The molecule has 0 aliphatic carbocycles. The van der Waals surface area contributed by atoms with E-state index >= 15 is 0 Å². The zero-order valence-corrected chi connectivity index (χ0v) is 12.6. The summed E-state index contributed by atoms with van der Waals surface area (Å²) < 4.78 is 0. The van der Waals surface area contributed by atoms with Gasteiger partial charge in [0.05, 0.1) is 12.5 Å². The highest BCUT2D eigenvalue weighted by Gasteiger charge is 2.24. The lowest BCUT2D eigenvalue weighted by molar-refractivity contribution is -0.126. The number of rotatable bonds is 5. The predicted octanol–water partition coefficient (Wildman–Crippen LogP) is 1.15. The molecular formula is C15H20ClN3O2. The third-order valence-electron chi connectivity index (χ3n) is 3.65. The average molecular weight is 310 g/mol. The Morgan fingerprint density at radius 3 is 2.95 bits per heavy atom. The zero-order chi connectivity index (χ0) is 15.2. The fourth-order valence-electron chi connectivity index (χ4n) is 2.54. The molecule has 3 N–H and O–H groups in total. The molecule has 1 fully saturated rings. The predicted molar refractivity (Wildman–Crippen MR) is 81.7 cm³/mol. The van der Waals surface area contributed by atoms with Crippen molar-refractivity contribution in [3.63, 3.8) is 0 Å². The summed E-state index contributed by atoms with van der Waals surface area (Å²) in [5.74, 6) is -0.474. The summed E-state index contributed by atoms with van der Waals surface area (Å²) in [7, 11) is 0. The van der Waals surface area contributed by atoms with Gasteiger partial charge < -0.3 is 11.1 Å². The van der Waals surface area contributed by atoms with E-state index in [-0.39, 0.29) is 17.7 Å². The third-order valence-corrected chi connectivity index (χ3v) is 3.89. The number of benzene rings is 1. The van der Waals surface area contributed by atoms with E-state index in [0.29, 0.717) is 24.7 Å². The van der Waals surface area contributed by atoms with Gasteiger partial charge in [-0.1, -0.05) is 23.7 Å². The van der Waals surface area contributed by atoms with Crippen molar-refractivity contribution >= 4 is 23.4 Å². The molecule has 2 rings (SSSR count). The van der Waals surface area contributed by atoms with Crippen LogP contribution < -0.4 is 11.1 Å². The number of nitrogens with zero attached hydrogens (tertiary/aromatic N) is 1. The molecule has 5 nitrogen and oxygen atoms in total. The number of hydrogen-bond donors (Lipinski definition) is 2. The number of amides is 2. The molecular weight excluding hydrogens is 290 g/mol. The van der Waals surface area contributed by atoms with Crippen LogP contribution in [0, 0.1) is 5.92 Å².